The smallest absolute Gasteiger partial charge is 0.135 e. The van der Waals surface area contributed by atoms with Crippen molar-refractivity contribution in [1.29, 1.82) is 0 Å². The number of para-hydroxylation sites is 1. The Labute approximate surface area is 343 Å². The van der Waals surface area contributed by atoms with Gasteiger partial charge in [0, 0.05) is 33.2 Å². The minimum atomic E-state index is -0.420. The summed E-state index contributed by atoms with van der Waals surface area (Å²) in [6, 6.07) is 76.2. The normalized spacial score (nSPS) is 14.5. The highest BCUT2D eigenvalue weighted by Gasteiger charge is 2.51. The molecule has 1 spiro atoms. The zero-order chi connectivity index (χ0) is 38.9. The Balaban J connectivity index is 0.991. The topological polar surface area (TPSA) is 16.4 Å². The molecule has 59 heavy (non-hydrogen) atoms. The van der Waals surface area contributed by atoms with E-state index < -0.39 is 5.41 Å². The summed E-state index contributed by atoms with van der Waals surface area (Å²) in [6.45, 7) is 2.36. The van der Waals surface area contributed by atoms with E-state index in [4.69, 9.17) is 4.42 Å². The zero-order valence-corrected chi connectivity index (χ0v) is 32.5. The zero-order valence-electron chi connectivity index (χ0n) is 32.5. The molecule has 1 heterocycles. The standard InChI is InChI=1S/C57H37NO/c1-56(48-22-10-5-17-40(48)41-18-6-11-23-49(41)56)36-27-30-46-47-34-38(29-32-54(47)59-55(46)33-36)58(37-15-3-2-4-16-37)39-28-31-45-44-21-9-14-26-52(44)57(53(45)35-39)50-24-12-7-19-42(50)43-20-8-13-25-51(43)57/h2-35H,1H3. The highest BCUT2D eigenvalue weighted by Crippen LogP contribution is 2.63. The second kappa shape index (κ2) is 11.8. The van der Waals surface area contributed by atoms with Crippen molar-refractivity contribution in [2.75, 3.05) is 4.90 Å². The minimum absolute atomic E-state index is 0.291. The fraction of sp³-hybridized carbons (Fsp3) is 0.0526. The van der Waals surface area contributed by atoms with E-state index in [1.807, 2.05) is 0 Å². The molecule has 1 aromatic heterocycles. The van der Waals surface area contributed by atoms with Gasteiger partial charge < -0.3 is 9.32 Å². The van der Waals surface area contributed by atoms with Gasteiger partial charge >= 0.3 is 0 Å². The summed E-state index contributed by atoms with van der Waals surface area (Å²) in [5.41, 5.74) is 21.5. The fourth-order valence-corrected chi connectivity index (χ4v) is 11.2. The van der Waals surface area contributed by atoms with E-state index in [0.29, 0.717) is 0 Å². The summed E-state index contributed by atoms with van der Waals surface area (Å²) in [5.74, 6) is 0. The molecule has 0 N–H and O–H groups in total. The number of furan rings is 1. The van der Waals surface area contributed by atoms with E-state index in [-0.39, 0.29) is 5.41 Å². The summed E-state index contributed by atoms with van der Waals surface area (Å²) in [5, 5.41) is 2.22. The van der Waals surface area contributed by atoms with Crippen LogP contribution in [0.25, 0.3) is 55.3 Å². The molecule has 2 heteroatoms. The quantitative estimate of drug-likeness (QED) is 0.178. The minimum Gasteiger partial charge on any atom is -0.456 e. The Morgan fingerprint density at radius 3 is 1.41 bits per heavy atom. The third-order valence-electron chi connectivity index (χ3n) is 13.8. The molecule has 13 rings (SSSR count). The molecule has 0 bridgehead atoms. The lowest BCUT2D eigenvalue weighted by molar-refractivity contribution is 0.662. The Morgan fingerprint density at radius 2 is 0.814 bits per heavy atom. The molecule has 2 nitrogen and oxygen atoms in total. The van der Waals surface area contributed by atoms with Gasteiger partial charge in [-0.25, -0.2) is 0 Å². The van der Waals surface area contributed by atoms with Crippen LogP contribution in [0, 0.1) is 0 Å². The lowest BCUT2D eigenvalue weighted by Crippen LogP contribution is -2.26. The molecule has 0 saturated heterocycles. The Hall–Kier alpha value is -7.42. The summed E-state index contributed by atoms with van der Waals surface area (Å²) in [6.07, 6.45) is 0. The number of anilines is 3. The SMILES string of the molecule is CC1(c2ccc3c(c2)oc2ccc(N(c4ccccc4)c4ccc5c(c4)C4(c6ccccc6-c6ccccc64)c4ccccc4-5)cc23)c2ccccc2-c2ccccc21. The monoisotopic (exact) mass is 751 g/mol. The first-order valence-electron chi connectivity index (χ1n) is 20.6. The number of nitrogens with zero attached hydrogens (tertiary/aromatic N) is 1. The molecule has 3 aliphatic carbocycles. The predicted octanol–water partition coefficient (Wildman–Crippen LogP) is 14.7. The van der Waals surface area contributed by atoms with Crippen LogP contribution in [-0.4, -0.2) is 0 Å². The van der Waals surface area contributed by atoms with Gasteiger partial charge in [-0.2, -0.15) is 0 Å². The van der Waals surface area contributed by atoms with Gasteiger partial charge in [-0.05, 0) is 128 Å². The molecule has 0 radical (unpaired) electrons. The number of benzene rings is 9. The Kier molecular flexibility index (Phi) is 6.54. The average Bonchev–Trinajstić information content (AvgIpc) is 3.99. The van der Waals surface area contributed by atoms with Crippen LogP contribution in [0.3, 0.4) is 0 Å². The second-order valence-corrected chi connectivity index (χ2v) is 16.5. The number of hydrogen-bond acceptors (Lipinski definition) is 2. The van der Waals surface area contributed by atoms with Gasteiger partial charge in [0.2, 0.25) is 0 Å². The van der Waals surface area contributed by atoms with Crippen LogP contribution < -0.4 is 4.90 Å². The fourth-order valence-electron chi connectivity index (χ4n) is 11.2. The number of rotatable bonds is 4. The van der Waals surface area contributed by atoms with E-state index in [2.05, 4.69) is 218 Å². The summed E-state index contributed by atoms with van der Waals surface area (Å²) in [7, 11) is 0. The highest BCUT2D eigenvalue weighted by atomic mass is 16.3. The molecule has 0 amide bonds. The van der Waals surface area contributed by atoms with Crippen molar-refractivity contribution in [2.45, 2.75) is 17.8 Å². The maximum atomic E-state index is 6.73. The van der Waals surface area contributed by atoms with E-state index in [1.54, 1.807) is 0 Å². The summed E-state index contributed by atoms with van der Waals surface area (Å²) >= 11 is 0. The molecule has 10 aromatic rings. The van der Waals surface area contributed by atoms with Crippen LogP contribution in [0.2, 0.25) is 0 Å². The van der Waals surface area contributed by atoms with Gasteiger partial charge in [-0.3, -0.25) is 0 Å². The van der Waals surface area contributed by atoms with Crippen LogP contribution in [-0.2, 0) is 10.8 Å². The van der Waals surface area contributed by atoms with Gasteiger partial charge in [-0.1, -0.05) is 158 Å². The predicted molar refractivity (Wildman–Crippen MR) is 242 cm³/mol. The molecule has 0 saturated carbocycles. The lowest BCUT2D eigenvalue weighted by Gasteiger charge is -2.32. The van der Waals surface area contributed by atoms with Gasteiger partial charge in [-0.15, -0.1) is 0 Å². The third kappa shape index (κ3) is 4.20. The van der Waals surface area contributed by atoms with Crippen molar-refractivity contribution >= 4 is 39.0 Å². The van der Waals surface area contributed by atoms with E-state index in [9.17, 15) is 0 Å². The largest absolute Gasteiger partial charge is 0.456 e. The van der Waals surface area contributed by atoms with E-state index in [1.165, 1.54) is 72.3 Å². The first-order chi connectivity index (χ1) is 29.1. The lowest BCUT2D eigenvalue weighted by atomic mass is 9.70. The maximum absolute atomic E-state index is 6.73. The summed E-state index contributed by atoms with van der Waals surface area (Å²) < 4.78 is 6.73. The van der Waals surface area contributed by atoms with Crippen LogP contribution in [0.4, 0.5) is 17.1 Å². The van der Waals surface area contributed by atoms with Gasteiger partial charge in [0.1, 0.15) is 11.2 Å². The molecule has 276 valence electrons. The highest BCUT2D eigenvalue weighted by molar-refractivity contribution is 6.07. The molecule has 0 aliphatic heterocycles. The van der Waals surface area contributed by atoms with Crippen molar-refractivity contribution in [3.05, 3.63) is 245 Å². The molecule has 9 aromatic carbocycles. The van der Waals surface area contributed by atoms with Gasteiger partial charge in [0.15, 0.2) is 0 Å². The van der Waals surface area contributed by atoms with Crippen molar-refractivity contribution in [3.8, 4) is 33.4 Å². The van der Waals surface area contributed by atoms with Crippen LogP contribution in [0.1, 0.15) is 45.9 Å². The number of hydrogen-bond donors (Lipinski definition) is 0. The van der Waals surface area contributed by atoms with Crippen LogP contribution >= 0.6 is 0 Å². The first kappa shape index (κ1) is 32.6. The van der Waals surface area contributed by atoms with E-state index in [0.717, 1.165) is 39.0 Å². The molecule has 0 unspecified atom stereocenters. The molecule has 0 fully saturated rings. The Bertz CT molecular complexity index is 3260. The molecule has 3 aliphatic rings. The van der Waals surface area contributed by atoms with Gasteiger partial charge in [0.25, 0.3) is 0 Å². The molecular formula is C57H37NO. The van der Waals surface area contributed by atoms with Crippen molar-refractivity contribution in [3.63, 3.8) is 0 Å². The molecule has 0 atom stereocenters. The maximum Gasteiger partial charge on any atom is 0.135 e. The van der Waals surface area contributed by atoms with Crippen molar-refractivity contribution in [2.24, 2.45) is 0 Å². The van der Waals surface area contributed by atoms with Crippen molar-refractivity contribution < 1.29 is 4.42 Å². The van der Waals surface area contributed by atoms with E-state index >= 15 is 0 Å². The first-order valence-corrected chi connectivity index (χ1v) is 20.6. The van der Waals surface area contributed by atoms with Crippen LogP contribution in [0.5, 0.6) is 0 Å². The summed E-state index contributed by atoms with van der Waals surface area (Å²) in [4.78, 5) is 2.41. The average molecular weight is 752 g/mol. The number of fused-ring (bicyclic) bond motifs is 16. The van der Waals surface area contributed by atoms with Gasteiger partial charge in [0.05, 0.1) is 5.41 Å². The second-order valence-electron chi connectivity index (χ2n) is 16.5. The van der Waals surface area contributed by atoms with Crippen molar-refractivity contribution in [1.82, 2.24) is 0 Å². The third-order valence-corrected chi connectivity index (χ3v) is 13.8. The Morgan fingerprint density at radius 1 is 0.339 bits per heavy atom. The molecular weight excluding hydrogens is 715 g/mol. The van der Waals surface area contributed by atoms with Crippen LogP contribution in [0.15, 0.2) is 211 Å².